The number of alkyl halides is 3. The molecule has 1 atom stereocenters. The molecule has 1 aromatic rings. The normalized spacial score (nSPS) is 18.8. The lowest BCUT2D eigenvalue weighted by molar-refractivity contribution is -0.140. The number of hydrogen-bond donors (Lipinski definition) is 0. The minimum Gasteiger partial charge on any atom is -0.284 e. The first-order chi connectivity index (χ1) is 9.93. The van der Waals surface area contributed by atoms with Crippen LogP contribution in [-0.2, 0) is 6.18 Å². The zero-order chi connectivity index (χ0) is 15.5. The van der Waals surface area contributed by atoms with Crippen LogP contribution in [0.4, 0.5) is 17.6 Å². The van der Waals surface area contributed by atoms with E-state index < -0.39 is 23.6 Å². The van der Waals surface area contributed by atoms with Gasteiger partial charge in [-0.2, -0.15) is 18.4 Å². The third-order valence-corrected chi connectivity index (χ3v) is 3.74. The summed E-state index contributed by atoms with van der Waals surface area (Å²) in [7, 11) is 0. The largest absolute Gasteiger partial charge is 0.419 e. The molecule has 0 N–H and O–H groups in total. The van der Waals surface area contributed by atoms with Gasteiger partial charge in [-0.25, -0.2) is 4.39 Å². The maximum absolute atomic E-state index is 13.3. The minimum atomic E-state index is -4.75. The summed E-state index contributed by atoms with van der Waals surface area (Å²) in [5.74, 6) is -1.31. The van der Waals surface area contributed by atoms with Gasteiger partial charge in [0, 0.05) is 0 Å². The van der Waals surface area contributed by atoms with Crippen LogP contribution in [0.3, 0.4) is 0 Å². The van der Waals surface area contributed by atoms with E-state index in [0.29, 0.717) is 13.1 Å². The number of nitrogens with zero attached hydrogens (tertiary/aromatic N) is 2. The van der Waals surface area contributed by atoms with Crippen LogP contribution in [0.5, 0.6) is 0 Å². The van der Waals surface area contributed by atoms with Crippen LogP contribution in [0.15, 0.2) is 18.2 Å². The van der Waals surface area contributed by atoms with Crippen LogP contribution in [0.25, 0.3) is 0 Å². The summed E-state index contributed by atoms with van der Waals surface area (Å²) in [6.07, 6.45) is -0.784. The second kappa shape index (κ2) is 6.44. The molecule has 1 aliphatic rings. The SMILES string of the molecule is N#CC(c1ccc(F)c(C(F)(F)F)c1)N1CCCCCC1. The molecule has 2 rings (SSSR count). The first kappa shape index (κ1) is 15.8. The molecule has 2 nitrogen and oxygen atoms in total. The second-order valence-corrected chi connectivity index (χ2v) is 5.22. The summed E-state index contributed by atoms with van der Waals surface area (Å²) >= 11 is 0. The van der Waals surface area contributed by atoms with Crippen LogP contribution in [0, 0.1) is 17.1 Å². The van der Waals surface area contributed by atoms with Crippen LogP contribution in [-0.4, -0.2) is 18.0 Å². The van der Waals surface area contributed by atoms with E-state index in [-0.39, 0.29) is 5.56 Å². The molecule has 114 valence electrons. The molecule has 6 heteroatoms. The molecule has 0 aliphatic carbocycles. The molecule has 0 aromatic heterocycles. The van der Waals surface area contributed by atoms with Gasteiger partial charge in [0.2, 0.25) is 0 Å². The molecule has 0 bridgehead atoms. The lowest BCUT2D eigenvalue weighted by atomic mass is 10.0. The Bertz CT molecular complexity index is 525. The van der Waals surface area contributed by atoms with Crippen molar-refractivity contribution >= 4 is 0 Å². The Morgan fingerprint density at radius 2 is 1.71 bits per heavy atom. The molecule has 0 amide bonds. The smallest absolute Gasteiger partial charge is 0.284 e. The van der Waals surface area contributed by atoms with Crippen molar-refractivity contribution in [1.29, 1.82) is 5.26 Å². The van der Waals surface area contributed by atoms with E-state index in [9.17, 15) is 22.8 Å². The van der Waals surface area contributed by atoms with E-state index in [1.165, 1.54) is 6.07 Å². The maximum Gasteiger partial charge on any atom is 0.419 e. The molecule has 1 unspecified atom stereocenters. The van der Waals surface area contributed by atoms with Crippen molar-refractivity contribution in [2.24, 2.45) is 0 Å². The fourth-order valence-corrected chi connectivity index (χ4v) is 2.65. The van der Waals surface area contributed by atoms with Crippen molar-refractivity contribution in [1.82, 2.24) is 4.90 Å². The molecule has 1 saturated heterocycles. The zero-order valence-electron chi connectivity index (χ0n) is 11.5. The number of hydrogen-bond acceptors (Lipinski definition) is 2. The first-order valence-electron chi connectivity index (χ1n) is 6.94. The predicted octanol–water partition coefficient (Wildman–Crippen LogP) is 4.29. The quantitative estimate of drug-likeness (QED) is 0.762. The van der Waals surface area contributed by atoms with Crippen molar-refractivity contribution in [2.75, 3.05) is 13.1 Å². The Morgan fingerprint density at radius 1 is 1.10 bits per heavy atom. The fourth-order valence-electron chi connectivity index (χ4n) is 2.65. The van der Waals surface area contributed by atoms with Crippen LogP contribution >= 0.6 is 0 Å². The molecule has 1 fully saturated rings. The summed E-state index contributed by atoms with van der Waals surface area (Å²) in [6.45, 7) is 1.36. The van der Waals surface area contributed by atoms with Gasteiger partial charge in [0.1, 0.15) is 11.9 Å². The number of likely N-dealkylation sites (tertiary alicyclic amines) is 1. The third-order valence-electron chi connectivity index (χ3n) is 3.74. The molecule has 1 heterocycles. The molecule has 21 heavy (non-hydrogen) atoms. The third kappa shape index (κ3) is 3.73. The highest BCUT2D eigenvalue weighted by Gasteiger charge is 2.35. The van der Waals surface area contributed by atoms with Gasteiger partial charge in [0.05, 0.1) is 11.6 Å². The zero-order valence-corrected chi connectivity index (χ0v) is 11.5. The number of halogens is 4. The molecule has 1 aromatic carbocycles. The van der Waals surface area contributed by atoms with Crippen LogP contribution in [0.2, 0.25) is 0 Å². The molecule has 0 spiro atoms. The molecule has 1 aliphatic heterocycles. The Morgan fingerprint density at radius 3 is 2.24 bits per heavy atom. The summed E-state index contributed by atoms with van der Waals surface area (Å²) < 4.78 is 51.6. The number of rotatable bonds is 2. The standard InChI is InChI=1S/C15H16F4N2/c16-13-6-5-11(9-12(13)15(17,18)19)14(10-20)21-7-3-1-2-4-8-21/h5-6,9,14H,1-4,7-8H2. The van der Waals surface area contributed by atoms with Crippen molar-refractivity contribution in [2.45, 2.75) is 37.9 Å². The second-order valence-electron chi connectivity index (χ2n) is 5.22. The topological polar surface area (TPSA) is 27.0 Å². The van der Waals surface area contributed by atoms with Crippen molar-refractivity contribution in [3.8, 4) is 6.07 Å². The molecular formula is C15H16F4N2. The van der Waals surface area contributed by atoms with Crippen LogP contribution < -0.4 is 0 Å². The van der Waals surface area contributed by atoms with Crippen molar-refractivity contribution in [3.63, 3.8) is 0 Å². The fraction of sp³-hybridized carbons (Fsp3) is 0.533. The minimum absolute atomic E-state index is 0.202. The number of benzene rings is 1. The van der Waals surface area contributed by atoms with Gasteiger partial charge in [-0.1, -0.05) is 18.9 Å². The Hall–Kier alpha value is -1.61. The van der Waals surface area contributed by atoms with Gasteiger partial charge in [-0.15, -0.1) is 0 Å². The van der Waals surface area contributed by atoms with Gasteiger partial charge >= 0.3 is 6.18 Å². The highest BCUT2D eigenvalue weighted by Crippen LogP contribution is 2.34. The van der Waals surface area contributed by atoms with E-state index >= 15 is 0 Å². The predicted molar refractivity (Wildman–Crippen MR) is 69.8 cm³/mol. The highest BCUT2D eigenvalue weighted by atomic mass is 19.4. The molecular weight excluding hydrogens is 284 g/mol. The van der Waals surface area contributed by atoms with E-state index in [4.69, 9.17) is 0 Å². The Balaban J connectivity index is 2.32. The van der Waals surface area contributed by atoms with Crippen molar-refractivity contribution in [3.05, 3.63) is 35.1 Å². The summed E-state index contributed by atoms with van der Waals surface area (Å²) in [4.78, 5) is 1.88. The summed E-state index contributed by atoms with van der Waals surface area (Å²) in [6, 6.07) is 4.11. The number of nitriles is 1. The van der Waals surface area contributed by atoms with Gasteiger partial charge in [0.15, 0.2) is 0 Å². The van der Waals surface area contributed by atoms with E-state index in [0.717, 1.165) is 37.8 Å². The summed E-state index contributed by atoms with van der Waals surface area (Å²) in [5.41, 5.74) is -1.11. The average molecular weight is 300 g/mol. The average Bonchev–Trinajstić information content (AvgIpc) is 2.69. The first-order valence-corrected chi connectivity index (χ1v) is 6.94. The van der Waals surface area contributed by atoms with Gasteiger partial charge < -0.3 is 0 Å². The lowest BCUT2D eigenvalue weighted by Crippen LogP contribution is -2.29. The molecule has 0 radical (unpaired) electrons. The van der Waals surface area contributed by atoms with Gasteiger partial charge in [-0.05, 0) is 43.6 Å². The van der Waals surface area contributed by atoms with E-state index in [2.05, 4.69) is 6.07 Å². The maximum atomic E-state index is 13.3. The van der Waals surface area contributed by atoms with E-state index in [1.807, 2.05) is 4.90 Å². The molecule has 0 saturated carbocycles. The van der Waals surface area contributed by atoms with E-state index in [1.54, 1.807) is 0 Å². The lowest BCUT2D eigenvalue weighted by Gasteiger charge is -2.26. The van der Waals surface area contributed by atoms with Crippen LogP contribution in [0.1, 0.15) is 42.9 Å². The highest BCUT2D eigenvalue weighted by molar-refractivity contribution is 5.32. The van der Waals surface area contributed by atoms with Gasteiger partial charge in [0.25, 0.3) is 0 Å². The Labute approximate surface area is 121 Å². The van der Waals surface area contributed by atoms with Crippen molar-refractivity contribution < 1.29 is 17.6 Å². The summed E-state index contributed by atoms with van der Waals surface area (Å²) in [5, 5.41) is 9.32. The van der Waals surface area contributed by atoms with Gasteiger partial charge in [-0.3, -0.25) is 4.90 Å². The monoisotopic (exact) mass is 300 g/mol. The Kier molecular flexibility index (Phi) is 4.84.